The molecule has 8 nitrogen and oxygen atoms in total. The second-order valence-corrected chi connectivity index (χ2v) is 7.39. The highest BCUT2D eigenvalue weighted by molar-refractivity contribution is 7.89. The van der Waals surface area contributed by atoms with Crippen LogP contribution in [-0.4, -0.2) is 32.3 Å². The molecule has 0 saturated heterocycles. The third kappa shape index (κ3) is 5.36. The van der Waals surface area contributed by atoms with Gasteiger partial charge in [0.2, 0.25) is 15.9 Å². The zero-order chi connectivity index (χ0) is 19.2. The van der Waals surface area contributed by atoms with Crippen LogP contribution in [0.5, 0.6) is 0 Å². The minimum atomic E-state index is -3.64. The van der Waals surface area contributed by atoms with E-state index in [1.165, 1.54) is 30.3 Å². The Kier molecular flexibility index (Phi) is 6.42. The third-order valence-corrected chi connectivity index (χ3v) is 5.09. The summed E-state index contributed by atoms with van der Waals surface area (Å²) in [7, 11) is -3.64. The molecule has 0 aromatic heterocycles. The Morgan fingerprint density at radius 3 is 2.38 bits per heavy atom. The first-order valence-corrected chi connectivity index (χ1v) is 9.33. The fourth-order valence-corrected chi connectivity index (χ4v) is 3.29. The van der Waals surface area contributed by atoms with Crippen LogP contribution in [0.2, 0.25) is 0 Å². The number of nitro benzene ring substituents is 1. The summed E-state index contributed by atoms with van der Waals surface area (Å²) in [5.74, 6) is -0.422. The van der Waals surface area contributed by atoms with Gasteiger partial charge in [-0.25, -0.2) is 13.1 Å². The molecule has 2 N–H and O–H groups in total. The Hall–Kier alpha value is -2.78. The number of carbonyl (C=O) groups excluding carboxylic acids is 1. The highest BCUT2D eigenvalue weighted by Crippen LogP contribution is 2.17. The molecule has 0 saturated carbocycles. The fourth-order valence-electron chi connectivity index (χ4n) is 2.26. The van der Waals surface area contributed by atoms with Gasteiger partial charge in [0, 0.05) is 24.7 Å². The van der Waals surface area contributed by atoms with E-state index in [1.54, 1.807) is 18.2 Å². The molecule has 0 atom stereocenters. The van der Waals surface area contributed by atoms with Crippen LogP contribution >= 0.6 is 0 Å². The largest absolute Gasteiger partial charge is 0.354 e. The van der Waals surface area contributed by atoms with Gasteiger partial charge in [0.25, 0.3) is 5.69 Å². The number of benzene rings is 2. The first kappa shape index (κ1) is 19.5. The average molecular weight is 377 g/mol. The highest BCUT2D eigenvalue weighted by atomic mass is 32.2. The van der Waals surface area contributed by atoms with Crippen LogP contribution in [0.25, 0.3) is 0 Å². The van der Waals surface area contributed by atoms with Crippen LogP contribution in [0.1, 0.15) is 11.1 Å². The summed E-state index contributed by atoms with van der Waals surface area (Å²) < 4.78 is 26.6. The van der Waals surface area contributed by atoms with Crippen LogP contribution in [0.3, 0.4) is 0 Å². The van der Waals surface area contributed by atoms with Gasteiger partial charge in [-0.1, -0.05) is 35.9 Å². The second kappa shape index (κ2) is 8.54. The Bertz CT molecular complexity index is 895. The predicted octanol–water partition coefficient (Wildman–Crippen LogP) is 1.54. The number of sulfonamides is 1. The lowest BCUT2D eigenvalue weighted by molar-refractivity contribution is -0.385. The summed E-state index contributed by atoms with van der Waals surface area (Å²) in [5.41, 5.74) is 1.13. The van der Waals surface area contributed by atoms with Gasteiger partial charge in [-0.3, -0.25) is 14.9 Å². The fraction of sp³-hybridized carbons (Fsp3) is 0.235. The van der Waals surface area contributed by atoms with Crippen molar-refractivity contribution in [2.45, 2.75) is 18.2 Å². The molecular weight excluding hydrogens is 358 g/mol. The van der Waals surface area contributed by atoms with E-state index in [0.717, 1.165) is 5.56 Å². The van der Waals surface area contributed by atoms with Crippen molar-refractivity contribution in [3.63, 3.8) is 0 Å². The summed E-state index contributed by atoms with van der Waals surface area (Å²) in [5, 5.41) is 13.5. The number of hydrogen-bond donors (Lipinski definition) is 2. The van der Waals surface area contributed by atoms with Gasteiger partial charge in [-0.2, -0.15) is 0 Å². The molecule has 2 aromatic carbocycles. The van der Waals surface area contributed by atoms with Crippen LogP contribution in [0, 0.1) is 17.0 Å². The highest BCUT2D eigenvalue weighted by Gasteiger charge is 2.16. The van der Waals surface area contributed by atoms with Crippen LogP contribution in [0.4, 0.5) is 5.69 Å². The second-order valence-electron chi connectivity index (χ2n) is 5.62. The smallest absolute Gasteiger partial charge is 0.273 e. The molecule has 0 aliphatic rings. The molecule has 2 rings (SSSR count). The number of nitrogens with zero attached hydrogens (tertiary/aromatic N) is 1. The van der Waals surface area contributed by atoms with E-state index in [2.05, 4.69) is 10.0 Å². The van der Waals surface area contributed by atoms with Crippen molar-refractivity contribution in [3.8, 4) is 0 Å². The third-order valence-electron chi connectivity index (χ3n) is 3.61. The maximum atomic E-state index is 12.1. The lowest BCUT2D eigenvalue weighted by Crippen LogP contribution is -2.35. The molecule has 1 amide bonds. The topological polar surface area (TPSA) is 118 Å². The van der Waals surface area contributed by atoms with E-state index in [-0.39, 0.29) is 30.1 Å². The van der Waals surface area contributed by atoms with E-state index >= 15 is 0 Å². The lowest BCUT2D eigenvalue weighted by Gasteiger charge is -2.08. The van der Waals surface area contributed by atoms with Crippen LogP contribution < -0.4 is 10.0 Å². The SMILES string of the molecule is Cc1ccc(S(=O)(=O)NCCNC(=O)Cc2ccccc2[N+](=O)[O-])cc1. The monoisotopic (exact) mass is 377 g/mol. The summed E-state index contributed by atoms with van der Waals surface area (Å²) in [6.45, 7) is 1.94. The van der Waals surface area contributed by atoms with Gasteiger partial charge in [0.15, 0.2) is 0 Å². The number of aryl methyl sites for hydroxylation is 1. The molecule has 0 fully saturated rings. The van der Waals surface area contributed by atoms with Gasteiger partial charge in [0.05, 0.1) is 16.2 Å². The molecule has 2 aromatic rings. The number of rotatable bonds is 8. The maximum absolute atomic E-state index is 12.1. The van der Waals surface area contributed by atoms with Gasteiger partial charge >= 0.3 is 0 Å². The zero-order valence-electron chi connectivity index (χ0n) is 14.1. The molecule has 0 heterocycles. The number of nitro groups is 1. The molecule has 0 spiro atoms. The van der Waals surface area contributed by atoms with Gasteiger partial charge in [0.1, 0.15) is 0 Å². The predicted molar refractivity (Wildman–Crippen MR) is 96.2 cm³/mol. The Labute approximate surface area is 151 Å². The average Bonchev–Trinajstić information content (AvgIpc) is 2.59. The van der Waals surface area contributed by atoms with Crippen molar-refractivity contribution in [3.05, 3.63) is 69.8 Å². The lowest BCUT2D eigenvalue weighted by atomic mass is 10.1. The Morgan fingerprint density at radius 1 is 1.08 bits per heavy atom. The summed E-state index contributed by atoms with van der Waals surface area (Å²) in [4.78, 5) is 22.4. The van der Waals surface area contributed by atoms with Gasteiger partial charge in [-0.15, -0.1) is 0 Å². The van der Waals surface area contributed by atoms with Crippen molar-refractivity contribution < 1.29 is 18.1 Å². The number of carbonyl (C=O) groups is 1. The normalized spacial score (nSPS) is 11.1. The van der Waals surface area contributed by atoms with Gasteiger partial charge < -0.3 is 5.32 Å². The van der Waals surface area contributed by atoms with Crippen molar-refractivity contribution >= 4 is 21.6 Å². The van der Waals surface area contributed by atoms with Crippen LogP contribution in [0.15, 0.2) is 53.4 Å². The van der Waals surface area contributed by atoms with E-state index in [0.29, 0.717) is 5.56 Å². The summed E-state index contributed by atoms with van der Waals surface area (Å²) in [6.07, 6.45) is -0.151. The van der Waals surface area contributed by atoms with Crippen molar-refractivity contribution in [1.82, 2.24) is 10.0 Å². The number of nitrogens with one attached hydrogen (secondary N) is 2. The number of hydrogen-bond acceptors (Lipinski definition) is 5. The van der Waals surface area contributed by atoms with Crippen molar-refractivity contribution in [2.24, 2.45) is 0 Å². The molecule has 0 aliphatic carbocycles. The molecule has 0 bridgehead atoms. The van der Waals surface area contributed by atoms with E-state index in [4.69, 9.17) is 0 Å². The van der Waals surface area contributed by atoms with Crippen LogP contribution in [-0.2, 0) is 21.2 Å². The van der Waals surface area contributed by atoms with Crippen molar-refractivity contribution in [2.75, 3.05) is 13.1 Å². The Morgan fingerprint density at radius 2 is 1.73 bits per heavy atom. The van der Waals surface area contributed by atoms with E-state index in [9.17, 15) is 23.3 Å². The molecule has 0 aliphatic heterocycles. The van der Waals surface area contributed by atoms with E-state index < -0.39 is 20.9 Å². The minimum absolute atomic E-state index is 0.0127. The molecule has 9 heteroatoms. The maximum Gasteiger partial charge on any atom is 0.273 e. The molecule has 26 heavy (non-hydrogen) atoms. The van der Waals surface area contributed by atoms with Crippen molar-refractivity contribution in [1.29, 1.82) is 0 Å². The minimum Gasteiger partial charge on any atom is -0.354 e. The van der Waals surface area contributed by atoms with E-state index in [1.807, 2.05) is 6.92 Å². The standard InChI is InChI=1S/C17H19N3O5S/c1-13-6-8-15(9-7-13)26(24,25)19-11-10-18-17(21)12-14-4-2-3-5-16(14)20(22)23/h2-9,19H,10-12H2,1H3,(H,18,21). The molecular formula is C17H19N3O5S. The summed E-state index contributed by atoms with van der Waals surface area (Å²) >= 11 is 0. The quantitative estimate of drug-likeness (QED) is 0.411. The first-order chi connectivity index (χ1) is 12.3. The number of amides is 1. The number of para-hydroxylation sites is 1. The summed E-state index contributed by atoms with van der Waals surface area (Å²) in [6, 6.07) is 12.4. The molecule has 0 unspecified atom stereocenters. The molecule has 138 valence electrons. The zero-order valence-corrected chi connectivity index (χ0v) is 15.0. The molecule has 0 radical (unpaired) electrons. The first-order valence-electron chi connectivity index (χ1n) is 7.85. The van der Waals surface area contributed by atoms with Gasteiger partial charge in [-0.05, 0) is 19.1 Å². The Balaban J connectivity index is 1.84.